The topological polar surface area (TPSA) is 67.5 Å². The maximum atomic E-state index is 10.4. The molecule has 0 aromatic rings. The van der Waals surface area contributed by atoms with Gasteiger partial charge < -0.3 is 5.73 Å². The van der Waals surface area contributed by atoms with Gasteiger partial charge in [0.2, 0.25) is 0 Å². The van der Waals surface area contributed by atoms with Crippen molar-refractivity contribution in [1.82, 2.24) is 5.43 Å². The monoisotopic (exact) mass is 185 g/mol. The van der Waals surface area contributed by atoms with E-state index in [0.717, 1.165) is 37.8 Å². The van der Waals surface area contributed by atoms with E-state index in [1.807, 2.05) is 0 Å². The van der Waals surface area contributed by atoms with Gasteiger partial charge in [-0.15, -0.1) is 0 Å². The van der Waals surface area contributed by atoms with Crippen molar-refractivity contribution in [1.29, 1.82) is 0 Å². The summed E-state index contributed by atoms with van der Waals surface area (Å²) in [5.74, 6) is 0. The van der Waals surface area contributed by atoms with Crippen molar-refractivity contribution in [2.75, 3.05) is 0 Å². The van der Waals surface area contributed by atoms with Crippen molar-refractivity contribution < 1.29 is 4.79 Å². The molecule has 0 unspecified atom stereocenters. The lowest BCUT2D eigenvalue weighted by atomic mass is 10.1. The highest BCUT2D eigenvalue weighted by Gasteiger charge is 1.98. The first-order chi connectivity index (χ1) is 6.20. The van der Waals surface area contributed by atoms with Crippen molar-refractivity contribution in [3.05, 3.63) is 0 Å². The third-order valence-corrected chi connectivity index (χ3v) is 1.68. The van der Waals surface area contributed by atoms with E-state index >= 15 is 0 Å². The zero-order chi connectivity index (χ0) is 10.1. The quantitative estimate of drug-likeness (QED) is 0.482. The number of amides is 2. The van der Waals surface area contributed by atoms with Gasteiger partial charge in [0.05, 0.1) is 0 Å². The first kappa shape index (κ1) is 11.9. The minimum absolute atomic E-state index is 0.592. The lowest BCUT2D eigenvalue weighted by molar-refractivity contribution is 0.249. The van der Waals surface area contributed by atoms with Crippen LogP contribution in [0.25, 0.3) is 0 Å². The lowest BCUT2D eigenvalue weighted by Gasteiger charge is -2.03. The molecule has 3 N–H and O–H groups in total. The molecule has 4 nitrogen and oxygen atoms in total. The normalized spacial score (nSPS) is 11.4. The molecule has 0 spiro atoms. The molecular weight excluding hydrogens is 166 g/mol. The van der Waals surface area contributed by atoms with E-state index in [0.29, 0.717) is 0 Å². The van der Waals surface area contributed by atoms with E-state index < -0.39 is 6.03 Å². The molecule has 2 amide bonds. The Hall–Kier alpha value is -1.06. The Labute approximate surface area is 79.6 Å². The standard InChI is InChI=1S/C9H19N3O/c1-3-5-7-8(6-4-2)11-12-9(10)13/h3-7H2,1-2H3,(H3,10,12,13)/b11-8-. The molecule has 0 aliphatic carbocycles. The largest absolute Gasteiger partial charge is 0.350 e. The summed E-state index contributed by atoms with van der Waals surface area (Å²) >= 11 is 0. The lowest BCUT2D eigenvalue weighted by Crippen LogP contribution is -2.25. The number of carbonyl (C=O) groups excluding carboxylic acids is 1. The summed E-state index contributed by atoms with van der Waals surface area (Å²) < 4.78 is 0. The molecule has 0 radical (unpaired) electrons. The molecule has 0 saturated heterocycles. The van der Waals surface area contributed by atoms with Crippen LogP contribution in [-0.4, -0.2) is 11.7 Å². The third kappa shape index (κ3) is 7.31. The Bertz CT molecular complexity index is 178. The summed E-state index contributed by atoms with van der Waals surface area (Å²) in [6.07, 6.45) is 5.17. The third-order valence-electron chi connectivity index (χ3n) is 1.68. The second kappa shape index (κ2) is 7.58. The Balaban J connectivity index is 3.90. The van der Waals surface area contributed by atoms with E-state index in [1.54, 1.807) is 0 Å². The number of unbranched alkanes of at least 4 members (excludes halogenated alkanes) is 1. The number of nitrogens with one attached hydrogen (secondary N) is 1. The molecule has 0 aliphatic heterocycles. The Morgan fingerprint density at radius 2 is 2.00 bits per heavy atom. The molecule has 0 aromatic carbocycles. The second-order valence-corrected chi connectivity index (χ2v) is 3.01. The van der Waals surface area contributed by atoms with Gasteiger partial charge in [-0.1, -0.05) is 26.7 Å². The van der Waals surface area contributed by atoms with Crippen molar-refractivity contribution in [2.45, 2.75) is 46.0 Å². The van der Waals surface area contributed by atoms with Crippen LogP contribution in [0.1, 0.15) is 46.0 Å². The SMILES string of the molecule is CCCC/C(CCC)=N\NC(N)=O. The van der Waals surface area contributed by atoms with Crippen LogP contribution in [0.2, 0.25) is 0 Å². The Kier molecular flexibility index (Phi) is 6.96. The summed E-state index contributed by atoms with van der Waals surface area (Å²) in [4.78, 5) is 10.4. The molecular formula is C9H19N3O. The van der Waals surface area contributed by atoms with Crippen LogP contribution in [0, 0.1) is 0 Å². The van der Waals surface area contributed by atoms with Gasteiger partial charge in [0.25, 0.3) is 0 Å². The number of hydrazone groups is 1. The van der Waals surface area contributed by atoms with Crippen LogP contribution in [0.5, 0.6) is 0 Å². The molecule has 0 heterocycles. The molecule has 0 aliphatic rings. The number of primary amides is 1. The molecule has 0 bridgehead atoms. The predicted molar refractivity (Wildman–Crippen MR) is 54.6 cm³/mol. The highest BCUT2D eigenvalue weighted by atomic mass is 16.2. The van der Waals surface area contributed by atoms with Crippen LogP contribution in [-0.2, 0) is 0 Å². The Morgan fingerprint density at radius 1 is 1.31 bits per heavy atom. The number of nitrogens with zero attached hydrogens (tertiary/aromatic N) is 1. The minimum Gasteiger partial charge on any atom is -0.350 e. The first-order valence-corrected chi connectivity index (χ1v) is 4.81. The zero-order valence-electron chi connectivity index (χ0n) is 8.47. The van der Waals surface area contributed by atoms with Crippen LogP contribution >= 0.6 is 0 Å². The number of rotatable bonds is 6. The molecule has 0 rings (SSSR count). The number of hydrogen-bond donors (Lipinski definition) is 2. The van der Waals surface area contributed by atoms with Crippen LogP contribution in [0.3, 0.4) is 0 Å². The second-order valence-electron chi connectivity index (χ2n) is 3.01. The van der Waals surface area contributed by atoms with Gasteiger partial charge in [-0.3, -0.25) is 0 Å². The minimum atomic E-state index is -0.592. The van der Waals surface area contributed by atoms with Crippen LogP contribution < -0.4 is 11.2 Å². The number of hydrogen-bond acceptors (Lipinski definition) is 2. The molecule has 0 saturated carbocycles. The predicted octanol–water partition coefficient (Wildman–Crippen LogP) is 2.00. The van der Waals surface area contributed by atoms with Gasteiger partial charge in [-0.05, 0) is 19.3 Å². The summed E-state index contributed by atoms with van der Waals surface area (Å²) in [6.45, 7) is 4.22. The summed E-state index contributed by atoms with van der Waals surface area (Å²) in [7, 11) is 0. The fraction of sp³-hybridized carbons (Fsp3) is 0.778. The highest BCUT2D eigenvalue weighted by Crippen LogP contribution is 2.02. The first-order valence-electron chi connectivity index (χ1n) is 4.81. The van der Waals surface area contributed by atoms with Crippen molar-refractivity contribution in [2.24, 2.45) is 10.8 Å². The maximum absolute atomic E-state index is 10.4. The van der Waals surface area contributed by atoms with E-state index in [-0.39, 0.29) is 0 Å². The smallest absolute Gasteiger partial charge is 0.332 e. The number of carbonyl (C=O) groups is 1. The van der Waals surface area contributed by atoms with Gasteiger partial charge in [-0.2, -0.15) is 5.10 Å². The van der Waals surface area contributed by atoms with E-state index in [1.165, 1.54) is 0 Å². The molecule has 13 heavy (non-hydrogen) atoms. The van der Waals surface area contributed by atoms with E-state index in [4.69, 9.17) is 5.73 Å². The van der Waals surface area contributed by atoms with Crippen molar-refractivity contribution in [3.63, 3.8) is 0 Å². The van der Waals surface area contributed by atoms with E-state index in [9.17, 15) is 4.79 Å². The summed E-state index contributed by atoms with van der Waals surface area (Å²) in [6, 6.07) is -0.592. The van der Waals surface area contributed by atoms with Gasteiger partial charge in [0.15, 0.2) is 0 Å². The average molecular weight is 185 g/mol. The zero-order valence-corrected chi connectivity index (χ0v) is 8.47. The summed E-state index contributed by atoms with van der Waals surface area (Å²) in [5.41, 5.74) is 8.21. The summed E-state index contributed by atoms with van der Waals surface area (Å²) in [5, 5.41) is 3.94. The van der Waals surface area contributed by atoms with Crippen molar-refractivity contribution >= 4 is 11.7 Å². The van der Waals surface area contributed by atoms with Gasteiger partial charge in [0.1, 0.15) is 0 Å². The molecule has 0 atom stereocenters. The van der Waals surface area contributed by atoms with Gasteiger partial charge >= 0.3 is 6.03 Å². The fourth-order valence-electron chi connectivity index (χ4n) is 1.04. The van der Waals surface area contributed by atoms with E-state index in [2.05, 4.69) is 24.4 Å². The van der Waals surface area contributed by atoms with Gasteiger partial charge in [0, 0.05) is 5.71 Å². The fourth-order valence-corrected chi connectivity index (χ4v) is 1.04. The van der Waals surface area contributed by atoms with Crippen molar-refractivity contribution in [3.8, 4) is 0 Å². The van der Waals surface area contributed by atoms with Crippen LogP contribution in [0.15, 0.2) is 5.10 Å². The van der Waals surface area contributed by atoms with Gasteiger partial charge in [-0.25, -0.2) is 10.2 Å². The number of urea groups is 1. The average Bonchev–Trinajstić information content (AvgIpc) is 2.09. The molecule has 0 aromatic heterocycles. The molecule has 0 fully saturated rings. The molecule has 4 heteroatoms. The molecule has 76 valence electrons. The highest BCUT2D eigenvalue weighted by molar-refractivity contribution is 5.85. The Morgan fingerprint density at radius 3 is 2.46 bits per heavy atom. The number of nitrogens with two attached hydrogens (primary N) is 1. The maximum Gasteiger partial charge on any atom is 0.332 e. The van der Waals surface area contributed by atoms with Crippen LogP contribution in [0.4, 0.5) is 4.79 Å².